The standard InChI is InChI=1S/C33H30N2O4S/c1-3-31(26-10-6-4-7-11-26)33(27-12-8-5-9-13-27)28-17-14-25(15-18-28)16-23-32(37)35-40(38,39)30-21-19-29(20-22-30)34-24(2)36/h3-23,33H,1-2H3,(H,34,36)(H,35,37). The zero-order valence-electron chi connectivity index (χ0n) is 22.2. The molecule has 0 saturated carbocycles. The van der Waals surface area contributed by atoms with Crippen LogP contribution in [0.5, 0.6) is 0 Å². The average molecular weight is 551 g/mol. The second-order valence-corrected chi connectivity index (χ2v) is 10.8. The van der Waals surface area contributed by atoms with Crippen LogP contribution in [0.3, 0.4) is 0 Å². The minimum atomic E-state index is -4.07. The van der Waals surface area contributed by atoms with Crippen LogP contribution in [0.1, 0.15) is 42.0 Å². The van der Waals surface area contributed by atoms with Gasteiger partial charge in [-0.2, -0.15) is 0 Å². The molecule has 0 radical (unpaired) electrons. The summed E-state index contributed by atoms with van der Waals surface area (Å²) in [5.74, 6) is -1.02. The van der Waals surface area contributed by atoms with Gasteiger partial charge in [0.15, 0.2) is 0 Å². The van der Waals surface area contributed by atoms with E-state index in [2.05, 4.69) is 35.7 Å². The predicted molar refractivity (Wildman–Crippen MR) is 160 cm³/mol. The molecule has 40 heavy (non-hydrogen) atoms. The monoisotopic (exact) mass is 550 g/mol. The van der Waals surface area contributed by atoms with Gasteiger partial charge in [-0.1, -0.05) is 91.0 Å². The van der Waals surface area contributed by atoms with Crippen LogP contribution in [0.4, 0.5) is 5.69 Å². The third kappa shape index (κ3) is 7.21. The molecule has 2 N–H and O–H groups in total. The predicted octanol–water partition coefficient (Wildman–Crippen LogP) is 6.40. The zero-order valence-corrected chi connectivity index (χ0v) is 23.1. The van der Waals surface area contributed by atoms with Crippen LogP contribution in [-0.2, 0) is 19.6 Å². The summed E-state index contributed by atoms with van der Waals surface area (Å²) in [5, 5.41) is 2.57. The van der Waals surface area contributed by atoms with Crippen molar-refractivity contribution >= 4 is 39.2 Å². The molecule has 0 aromatic heterocycles. The Morgan fingerprint density at radius 3 is 1.90 bits per heavy atom. The molecular weight excluding hydrogens is 520 g/mol. The number of hydrogen-bond acceptors (Lipinski definition) is 4. The lowest BCUT2D eigenvalue weighted by Gasteiger charge is -2.22. The molecule has 6 nitrogen and oxygen atoms in total. The van der Waals surface area contributed by atoms with E-state index in [4.69, 9.17) is 0 Å². The lowest BCUT2D eigenvalue weighted by Crippen LogP contribution is -2.28. The number of rotatable bonds is 9. The molecule has 7 heteroatoms. The second kappa shape index (κ2) is 12.9. The molecule has 202 valence electrons. The molecule has 4 aromatic rings. The van der Waals surface area contributed by atoms with Crippen LogP contribution >= 0.6 is 0 Å². The molecule has 0 saturated heterocycles. The van der Waals surface area contributed by atoms with Crippen LogP contribution in [0.2, 0.25) is 0 Å². The van der Waals surface area contributed by atoms with Gasteiger partial charge in [0.05, 0.1) is 4.90 Å². The molecule has 2 amide bonds. The molecular formula is C33H30N2O4S. The van der Waals surface area contributed by atoms with Crippen molar-refractivity contribution in [2.45, 2.75) is 24.7 Å². The van der Waals surface area contributed by atoms with Crippen LogP contribution in [0.15, 0.2) is 126 Å². The van der Waals surface area contributed by atoms with Gasteiger partial charge < -0.3 is 5.32 Å². The van der Waals surface area contributed by atoms with E-state index in [1.165, 1.54) is 42.8 Å². The summed E-state index contributed by atoms with van der Waals surface area (Å²) in [6.07, 6.45) is 4.90. The highest BCUT2D eigenvalue weighted by Gasteiger charge is 2.20. The van der Waals surface area contributed by atoms with E-state index in [-0.39, 0.29) is 16.7 Å². The van der Waals surface area contributed by atoms with Gasteiger partial charge in [-0.3, -0.25) is 9.59 Å². The van der Waals surface area contributed by atoms with E-state index in [1.807, 2.05) is 72.3 Å². The van der Waals surface area contributed by atoms with Crippen LogP contribution in [-0.4, -0.2) is 20.2 Å². The lowest BCUT2D eigenvalue weighted by atomic mass is 9.81. The molecule has 0 aliphatic carbocycles. The summed E-state index contributed by atoms with van der Waals surface area (Å²) < 4.78 is 27.2. The largest absolute Gasteiger partial charge is 0.326 e. The Morgan fingerprint density at radius 2 is 1.32 bits per heavy atom. The molecule has 4 rings (SSSR count). The third-order valence-electron chi connectivity index (χ3n) is 6.28. The molecule has 1 unspecified atom stereocenters. The summed E-state index contributed by atoms with van der Waals surface area (Å²) in [6.45, 7) is 3.40. The molecule has 0 fully saturated rings. The van der Waals surface area contributed by atoms with Crippen molar-refractivity contribution in [2.24, 2.45) is 0 Å². The number of carbonyl (C=O) groups excluding carboxylic acids is 2. The average Bonchev–Trinajstić information content (AvgIpc) is 2.96. The fourth-order valence-corrected chi connectivity index (χ4v) is 5.39. The number of nitrogens with one attached hydrogen (secondary N) is 2. The van der Waals surface area contributed by atoms with Gasteiger partial charge in [0.2, 0.25) is 5.91 Å². The van der Waals surface area contributed by atoms with E-state index < -0.39 is 15.9 Å². The van der Waals surface area contributed by atoms with Crippen LogP contribution in [0.25, 0.3) is 11.6 Å². The number of sulfonamides is 1. The van der Waals surface area contributed by atoms with Gasteiger partial charge in [-0.25, -0.2) is 13.1 Å². The quantitative estimate of drug-likeness (QED) is 0.236. The fourth-order valence-electron chi connectivity index (χ4n) is 4.45. The van der Waals surface area contributed by atoms with Gasteiger partial charge >= 0.3 is 0 Å². The van der Waals surface area contributed by atoms with Crippen molar-refractivity contribution in [1.82, 2.24) is 4.72 Å². The van der Waals surface area contributed by atoms with E-state index in [1.54, 1.807) is 6.08 Å². The first-order chi connectivity index (χ1) is 19.3. The van der Waals surface area contributed by atoms with Crippen molar-refractivity contribution in [3.8, 4) is 0 Å². The first-order valence-corrected chi connectivity index (χ1v) is 14.2. The molecule has 1 atom stereocenters. The van der Waals surface area contributed by atoms with Gasteiger partial charge in [-0.05, 0) is 65.1 Å². The Labute approximate surface area is 235 Å². The van der Waals surface area contributed by atoms with E-state index in [0.717, 1.165) is 22.3 Å². The maximum atomic E-state index is 12.6. The Balaban J connectivity index is 1.50. The maximum absolute atomic E-state index is 12.6. The number of allylic oxidation sites excluding steroid dienone is 2. The lowest BCUT2D eigenvalue weighted by molar-refractivity contribution is -0.115. The Morgan fingerprint density at radius 1 is 0.750 bits per heavy atom. The molecule has 4 aromatic carbocycles. The summed E-state index contributed by atoms with van der Waals surface area (Å²) >= 11 is 0. The van der Waals surface area contributed by atoms with Crippen LogP contribution in [0, 0.1) is 0 Å². The maximum Gasteiger partial charge on any atom is 0.264 e. The summed E-state index contributed by atoms with van der Waals surface area (Å²) in [5.41, 5.74) is 5.80. The fraction of sp³-hybridized carbons (Fsp3) is 0.0909. The van der Waals surface area contributed by atoms with Gasteiger partial charge in [0.1, 0.15) is 0 Å². The SMILES string of the molecule is CC=C(c1ccccc1)C(c1ccccc1)c1ccc(C=CC(=O)NS(=O)(=O)c2ccc(NC(C)=O)cc2)cc1. The van der Waals surface area contributed by atoms with Crippen molar-refractivity contribution in [3.63, 3.8) is 0 Å². The summed E-state index contributed by atoms with van der Waals surface area (Å²) in [4.78, 5) is 23.5. The molecule has 0 aliphatic rings. The molecule has 0 aliphatic heterocycles. The number of anilines is 1. The smallest absolute Gasteiger partial charge is 0.264 e. The topological polar surface area (TPSA) is 92.3 Å². The number of hydrogen-bond donors (Lipinski definition) is 2. The molecule has 0 heterocycles. The van der Waals surface area contributed by atoms with E-state index >= 15 is 0 Å². The zero-order chi connectivity index (χ0) is 28.5. The Hall–Kier alpha value is -4.75. The van der Waals surface area contributed by atoms with Gasteiger partial charge in [-0.15, -0.1) is 0 Å². The number of amides is 2. The highest BCUT2D eigenvalue weighted by Crippen LogP contribution is 2.37. The highest BCUT2D eigenvalue weighted by atomic mass is 32.2. The Bertz CT molecular complexity index is 1630. The summed E-state index contributed by atoms with van der Waals surface area (Å²) in [6, 6.07) is 34.0. The molecule has 0 spiro atoms. The van der Waals surface area contributed by atoms with Crippen molar-refractivity contribution in [1.29, 1.82) is 0 Å². The number of carbonyl (C=O) groups is 2. The number of benzene rings is 4. The first kappa shape index (κ1) is 28.3. The third-order valence-corrected chi connectivity index (χ3v) is 7.64. The van der Waals surface area contributed by atoms with Crippen molar-refractivity contribution < 1.29 is 18.0 Å². The minimum absolute atomic E-state index is 0.0112. The van der Waals surface area contributed by atoms with Gasteiger partial charge in [0, 0.05) is 24.6 Å². The van der Waals surface area contributed by atoms with Crippen molar-refractivity contribution in [3.05, 3.63) is 144 Å². The Kier molecular flexibility index (Phi) is 9.09. The van der Waals surface area contributed by atoms with Crippen LogP contribution < -0.4 is 10.0 Å². The van der Waals surface area contributed by atoms with E-state index in [0.29, 0.717) is 5.69 Å². The van der Waals surface area contributed by atoms with Crippen molar-refractivity contribution in [2.75, 3.05) is 5.32 Å². The molecule has 0 bridgehead atoms. The highest BCUT2D eigenvalue weighted by molar-refractivity contribution is 7.90. The normalized spacial score (nSPS) is 12.6. The minimum Gasteiger partial charge on any atom is -0.326 e. The van der Waals surface area contributed by atoms with Gasteiger partial charge in [0.25, 0.3) is 15.9 Å². The summed E-state index contributed by atoms with van der Waals surface area (Å²) in [7, 11) is -4.07. The first-order valence-electron chi connectivity index (χ1n) is 12.8. The van der Waals surface area contributed by atoms with E-state index in [9.17, 15) is 18.0 Å². The second-order valence-electron chi connectivity index (χ2n) is 9.13.